The average molecular weight is 281 g/mol. The third-order valence-corrected chi connectivity index (χ3v) is 3.74. The van der Waals surface area contributed by atoms with E-state index in [9.17, 15) is 9.90 Å². The molecule has 0 aliphatic carbocycles. The molecule has 1 saturated heterocycles. The second kappa shape index (κ2) is 5.18. The molecule has 20 heavy (non-hydrogen) atoms. The maximum atomic E-state index is 12.7. The number of amides is 1. The Labute approximate surface area is 119 Å². The first-order valence-electron chi connectivity index (χ1n) is 6.86. The van der Waals surface area contributed by atoms with Gasteiger partial charge >= 0.3 is 0 Å². The number of nitrogens with zero attached hydrogens (tertiary/aromatic N) is 3. The molecule has 1 atom stereocenters. The van der Waals surface area contributed by atoms with Gasteiger partial charge in [0.1, 0.15) is 11.6 Å². The topological polar surface area (TPSA) is 67.6 Å². The smallest absolute Gasteiger partial charge is 0.250 e. The summed E-state index contributed by atoms with van der Waals surface area (Å²) < 4.78 is 7.22. The number of aliphatic hydroxyl groups is 1. The molecule has 1 fully saturated rings. The lowest BCUT2D eigenvalue weighted by molar-refractivity contribution is -0.159. The first-order chi connectivity index (χ1) is 9.23. The number of rotatable bonds is 3. The van der Waals surface area contributed by atoms with Gasteiger partial charge in [-0.2, -0.15) is 5.10 Å². The zero-order valence-electron chi connectivity index (χ0n) is 12.5. The van der Waals surface area contributed by atoms with Crippen molar-refractivity contribution in [2.24, 2.45) is 0 Å². The van der Waals surface area contributed by atoms with E-state index in [-0.39, 0.29) is 12.0 Å². The molecule has 2 rings (SSSR count). The fourth-order valence-corrected chi connectivity index (χ4v) is 2.35. The highest BCUT2D eigenvalue weighted by molar-refractivity contribution is 5.83. The Morgan fingerprint density at radius 2 is 2.10 bits per heavy atom. The van der Waals surface area contributed by atoms with E-state index >= 15 is 0 Å². The first-order valence-corrected chi connectivity index (χ1v) is 6.86. The van der Waals surface area contributed by atoms with Gasteiger partial charge in [0.2, 0.25) is 5.91 Å². The number of aromatic nitrogens is 2. The summed E-state index contributed by atoms with van der Waals surface area (Å²) in [5.41, 5.74) is -1.71. The minimum absolute atomic E-state index is 0.0150. The van der Waals surface area contributed by atoms with E-state index in [1.165, 1.54) is 0 Å². The van der Waals surface area contributed by atoms with Crippen LogP contribution in [0.1, 0.15) is 27.7 Å². The van der Waals surface area contributed by atoms with Crippen molar-refractivity contribution in [3.05, 3.63) is 18.5 Å². The van der Waals surface area contributed by atoms with Gasteiger partial charge in [0.25, 0.3) is 0 Å². The van der Waals surface area contributed by atoms with Gasteiger partial charge in [-0.15, -0.1) is 0 Å². The zero-order chi connectivity index (χ0) is 15.0. The highest BCUT2D eigenvalue weighted by Gasteiger charge is 2.39. The molecular formula is C14H23N3O3. The molecule has 0 aromatic carbocycles. The molecule has 0 spiro atoms. The molecule has 0 saturated carbocycles. The summed E-state index contributed by atoms with van der Waals surface area (Å²) in [5.74, 6) is -0.0150. The molecular weight excluding hydrogens is 258 g/mol. The van der Waals surface area contributed by atoms with E-state index < -0.39 is 11.1 Å². The highest BCUT2D eigenvalue weighted by Crippen LogP contribution is 2.22. The number of hydrogen-bond donors (Lipinski definition) is 1. The van der Waals surface area contributed by atoms with E-state index in [0.29, 0.717) is 19.7 Å². The molecule has 1 aromatic rings. The van der Waals surface area contributed by atoms with Crippen molar-refractivity contribution in [1.82, 2.24) is 14.7 Å². The van der Waals surface area contributed by atoms with Crippen LogP contribution in [0.4, 0.5) is 0 Å². The summed E-state index contributed by atoms with van der Waals surface area (Å²) in [7, 11) is 0. The highest BCUT2D eigenvalue weighted by atomic mass is 16.5. The van der Waals surface area contributed by atoms with Crippen LogP contribution >= 0.6 is 0 Å². The van der Waals surface area contributed by atoms with Crippen molar-refractivity contribution >= 4 is 5.91 Å². The van der Waals surface area contributed by atoms with Gasteiger partial charge < -0.3 is 14.7 Å². The predicted molar refractivity (Wildman–Crippen MR) is 74.2 cm³/mol. The SMILES string of the molecule is CC(C)(O)C1CN(C(=O)C(C)(C)n2cccn2)CCO1. The van der Waals surface area contributed by atoms with Crippen LogP contribution in [-0.4, -0.2) is 57.1 Å². The fourth-order valence-electron chi connectivity index (χ4n) is 2.35. The summed E-state index contributed by atoms with van der Waals surface area (Å²) in [6, 6.07) is 1.80. The van der Waals surface area contributed by atoms with Crippen molar-refractivity contribution in [2.45, 2.75) is 44.9 Å². The summed E-state index contributed by atoms with van der Waals surface area (Å²) >= 11 is 0. The number of morpholine rings is 1. The molecule has 0 bridgehead atoms. The fraction of sp³-hybridized carbons (Fsp3) is 0.714. The summed E-state index contributed by atoms with van der Waals surface area (Å²) in [5, 5.41) is 14.2. The molecule has 1 aliphatic rings. The summed E-state index contributed by atoms with van der Waals surface area (Å²) in [6.07, 6.45) is 3.08. The number of carbonyl (C=O) groups excluding carboxylic acids is 1. The van der Waals surface area contributed by atoms with Crippen LogP contribution in [0.2, 0.25) is 0 Å². The Bertz CT molecular complexity index is 463. The van der Waals surface area contributed by atoms with E-state index in [4.69, 9.17) is 4.74 Å². The number of carbonyl (C=O) groups is 1. The molecule has 6 nitrogen and oxygen atoms in total. The van der Waals surface area contributed by atoms with Gasteiger partial charge in [0, 0.05) is 25.5 Å². The maximum Gasteiger partial charge on any atom is 0.250 e. The van der Waals surface area contributed by atoms with Gasteiger partial charge in [-0.25, -0.2) is 0 Å². The van der Waals surface area contributed by atoms with Crippen LogP contribution in [0.5, 0.6) is 0 Å². The lowest BCUT2D eigenvalue weighted by atomic mass is 9.98. The van der Waals surface area contributed by atoms with E-state index in [0.717, 1.165) is 0 Å². The van der Waals surface area contributed by atoms with Crippen LogP contribution in [-0.2, 0) is 15.1 Å². The summed E-state index contributed by atoms with van der Waals surface area (Å²) in [6.45, 7) is 8.46. The average Bonchev–Trinajstić information content (AvgIpc) is 2.91. The van der Waals surface area contributed by atoms with E-state index in [2.05, 4.69) is 5.10 Å². The standard InChI is InChI=1S/C14H23N3O3/c1-13(2,17-7-5-6-15-17)12(18)16-8-9-20-11(10-16)14(3,4)19/h5-7,11,19H,8-10H2,1-4H3. The molecule has 1 N–H and O–H groups in total. The van der Waals surface area contributed by atoms with Gasteiger partial charge in [-0.3, -0.25) is 9.48 Å². The largest absolute Gasteiger partial charge is 0.388 e. The third-order valence-electron chi connectivity index (χ3n) is 3.74. The Kier molecular flexibility index (Phi) is 3.88. The van der Waals surface area contributed by atoms with Gasteiger partial charge in [0.15, 0.2) is 0 Å². The zero-order valence-corrected chi connectivity index (χ0v) is 12.5. The quantitative estimate of drug-likeness (QED) is 0.882. The number of ether oxygens (including phenoxy) is 1. The van der Waals surface area contributed by atoms with Gasteiger partial charge in [0.05, 0.1) is 12.2 Å². The second-order valence-electron chi connectivity index (χ2n) is 6.27. The second-order valence-corrected chi connectivity index (χ2v) is 6.27. The van der Waals surface area contributed by atoms with Crippen LogP contribution in [0.25, 0.3) is 0 Å². The predicted octanol–water partition coefficient (Wildman–Crippen LogP) is 0.616. The molecule has 1 amide bonds. The maximum absolute atomic E-state index is 12.7. The van der Waals surface area contributed by atoms with Crippen molar-refractivity contribution in [1.29, 1.82) is 0 Å². The van der Waals surface area contributed by atoms with Crippen molar-refractivity contribution in [2.75, 3.05) is 19.7 Å². The molecule has 1 aromatic heterocycles. The minimum atomic E-state index is -0.963. The molecule has 1 aliphatic heterocycles. The van der Waals surface area contributed by atoms with Gasteiger partial charge in [-0.1, -0.05) is 0 Å². The monoisotopic (exact) mass is 281 g/mol. The van der Waals surface area contributed by atoms with E-state index in [1.807, 2.05) is 13.8 Å². The third kappa shape index (κ3) is 2.86. The summed E-state index contributed by atoms with van der Waals surface area (Å²) in [4.78, 5) is 14.5. The Hall–Kier alpha value is -1.40. The first kappa shape index (κ1) is 15.0. The lowest BCUT2D eigenvalue weighted by Crippen LogP contribution is -2.57. The van der Waals surface area contributed by atoms with Crippen LogP contribution < -0.4 is 0 Å². The van der Waals surface area contributed by atoms with Crippen molar-refractivity contribution in [3.8, 4) is 0 Å². The molecule has 112 valence electrons. The molecule has 1 unspecified atom stereocenters. The molecule has 0 radical (unpaired) electrons. The Balaban J connectivity index is 2.13. The van der Waals surface area contributed by atoms with Crippen LogP contribution in [0.15, 0.2) is 18.5 Å². The Morgan fingerprint density at radius 1 is 1.40 bits per heavy atom. The van der Waals surface area contributed by atoms with Crippen LogP contribution in [0.3, 0.4) is 0 Å². The minimum Gasteiger partial charge on any atom is -0.388 e. The lowest BCUT2D eigenvalue weighted by Gasteiger charge is -2.41. The molecule has 2 heterocycles. The van der Waals surface area contributed by atoms with Crippen LogP contribution in [0, 0.1) is 0 Å². The number of hydrogen-bond acceptors (Lipinski definition) is 4. The van der Waals surface area contributed by atoms with E-state index in [1.54, 1.807) is 41.9 Å². The van der Waals surface area contributed by atoms with Crippen molar-refractivity contribution < 1.29 is 14.6 Å². The van der Waals surface area contributed by atoms with Crippen molar-refractivity contribution in [3.63, 3.8) is 0 Å². The normalized spacial score (nSPS) is 21.1. The Morgan fingerprint density at radius 3 is 2.65 bits per heavy atom. The molecule has 6 heteroatoms. The van der Waals surface area contributed by atoms with Gasteiger partial charge in [-0.05, 0) is 33.8 Å².